The van der Waals surface area contributed by atoms with E-state index in [2.05, 4.69) is 32.4 Å². The second-order valence-electron chi connectivity index (χ2n) is 11.0. The van der Waals surface area contributed by atoms with Gasteiger partial charge in [-0.2, -0.15) is 5.10 Å². The van der Waals surface area contributed by atoms with Gasteiger partial charge < -0.3 is 19.7 Å². The number of benzene rings is 2. The van der Waals surface area contributed by atoms with Crippen LogP contribution in [-0.4, -0.2) is 82.8 Å². The van der Waals surface area contributed by atoms with Gasteiger partial charge in [0.1, 0.15) is 6.61 Å². The molecule has 1 N–H and O–H groups in total. The molecule has 2 amide bonds. The lowest BCUT2D eigenvalue weighted by molar-refractivity contribution is -0.130. The SMILES string of the molecule is COc1ccc2cc1OCCN(Cc1cccc(-n3cccn3)c1)CCNC(=O)[C@H]1CN(C(=O)Cc3cccnc3)C[C@H]21. The second kappa shape index (κ2) is 13.1. The number of hydrogen-bond acceptors (Lipinski definition) is 7. The number of pyridine rings is 1. The van der Waals surface area contributed by atoms with Gasteiger partial charge in [-0.15, -0.1) is 0 Å². The van der Waals surface area contributed by atoms with Gasteiger partial charge in [0, 0.05) is 70.0 Å². The monoisotopic (exact) mass is 580 g/mol. The minimum Gasteiger partial charge on any atom is -0.493 e. The Labute approximate surface area is 251 Å². The van der Waals surface area contributed by atoms with Crippen molar-refractivity contribution in [3.63, 3.8) is 0 Å². The summed E-state index contributed by atoms with van der Waals surface area (Å²) in [6, 6.07) is 19.7. The van der Waals surface area contributed by atoms with E-state index < -0.39 is 0 Å². The molecule has 10 nitrogen and oxygen atoms in total. The largest absolute Gasteiger partial charge is 0.493 e. The number of likely N-dealkylation sites (tertiary alicyclic amines) is 1. The Balaban J connectivity index is 1.21. The van der Waals surface area contributed by atoms with Gasteiger partial charge in [-0.25, -0.2) is 4.68 Å². The van der Waals surface area contributed by atoms with E-state index in [4.69, 9.17) is 9.47 Å². The fraction of sp³-hybridized carbons (Fsp3) is 0.333. The lowest BCUT2D eigenvalue weighted by atomic mass is 9.88. The molecule has 2 aliphatic heterocycles. The summed E-state index contributed by atoms with van der Waals surface area (Å²) >= 11 is 0. The zero-order chi connectivity index (χ0) is 29.6. The van der Waals surface area contributed by atoms with Crippen LogP contribution < -0.4 is 14.8 Å². The lowest BCUT2D eigenvalue weighted by Crippen LogP contribution is -2.40. The molecule has 2 aromatic heterocycles. The van der Waals surface area contributed by atoms with E-state index in [-0.39, 0.29) is 30.1 Å². The first-order chi connectivity index (χ1) is 21.1. The van der Waals surface area contributed by atoms with E-state index in [0.717, 1.165) is 22.4 Å². The highest BCUT2D eigenvalue weighted by molar-refractivity contribution is 5.84. The molecule has 4 heterocycles. The number of rotatable bonds is 6. The summed E-state index contributed by atoms with van der Waals surface area (Å²) in [5, 5.41) is 7.52. The van der Waals surface area contributed by atoms with Crippen LogP contribution in [0.25, 0.3) is 5.69 Å². The average Bonchev–Trinajstić information content (AvgIpc) is 3.73. The van der Waals surface area contributed by atoms with Crippen LogP contribution in [0, 0.1) is 5.92 Å². The maximum Gasteiger partial charge on any atom is 0.227 e. The zero-order valence-electron chi connectivity index (χ0n) is 24.3. The minimum absolute atomic E-state index is 0.0112. The maximum atomic E-state index is 13.6. The molecule has 0 radical (unpaired) electrons. The van der Waals surface area contributed by atoms with Gasteiger partial charge in [-0.05, 0) is 53.1 Å². The summed E-state index contributed by atoms with van der Waals surface area (Å²) < 4.78 is 13.7. The Morgan fingerprint density at radius 2 is 1.91 bits per heavy atom. The molecule has 10 heteroatoms. The zero-order valence-corrected chi connectivity index (χ0v) is 24.3. The molecule has 1 saturated heterocycles. The first-order valence-corrected chi connectivity index (χ1v) is 14.6. The molecule has 1 fully saturated rings. The van der Waals surface area contributed by atoms with Gasteiger partial charge in [0.25, 0.3) is 0 Å². The van der Waals surface area contributed by atoms with Crippen molar-refractivity contribution in [2.75, 3.05) is 46.4 Å². The van der Waals surface area contributed by atoms with E-state index in [1.165, 1.54) is 0 Å². The number of carbonyl (C=O) groups excluding carboxylic acids is 2. The highest BCUT2D eigenvalue weighted by Gasteiger charge is 2.40. The number of aromatic nitrogens is 3. The van der Waals surface area contributed by atoms with E-state index in [1.807, 2.05) is 59.4 Å². The Morgan fingerprint density at radius 3 is 2.72 bits per heavy atom. The number of amides is 2. The average molecular weight is 581 g/mol. The van der Waals surface area contributed by atoms with Gasteiger partial charge in [-0.1, -0.05) is 24.3 Å². The summed E-state index contributed by atoms with van der Waals surface area (Å²) in [7, 11) is 1.62. The third-order valence-corrected chi connectivity index (χ3v) is 8.18. The van der Waals surface area contributed by atoms with Crippen molar-refractivity contribution < 1.29 is 19.1 Å². The van der Waals surface area contributed by atoms with E-state index in [1.54, 1.807) is 30.6 Å². The predicted octanol–water partition coefficient (Wildman–Crippen LogP) is 3.07. The summed E-state index contributed by atoms with van der Waals surface area (Å²) in [5.41, 5.74) is 3.95. The topological polar surface area (TPSA) is 102 Å². The predicted molar refractivity (Wildman–Crippen MR) is 161 cm³/mol. The third-order valence-electron chi connectivity index (χ3n) is 8.18. The van der Waals surface area contributed by atoms with Crippen LogP contribution in [0.2, 0.25) is 0 Å². The van der Waals surface area contributed by atoms with Crippen LogP contribution in [0.15, 0.2) is 85.5 Å². The van der Waals surface area contributed by atoms with Crippen molar-refractivity contribution in [1.29, 1.82) is 0 Å². The number of nitrogens with one attached hydrogen (secondary N) is 1. The van der Waals surface area contributed by atoms with E-state index >= 15 is 0 Å². The van der Waals surface area contributed by atoms with Crippen LogP contribution in [0.1, 0.15) is 22.6 Å². The number of nitrogens with zero attached hydrogens (tertiary/aromatic N) is 5. The summed E-state index contributed by atoms with van der Waals surface area (Å²) in [5.74, 6) is 0.689. The molecule has 4 aromatic rings. The highest BCUT2D eigenvalue weighted by Crippen LogP contribution is 2.38. The van der Waals surface area contributed by atoms with Gasteiger partial charge in [0.2, 0.25) is 11.8 Å². The molecule has 43 heavy (non-hydrogen) atoms. The third kappa shape index (κ3) is 6.70. The summed E-state index contributed by atoms with van der Waals surface area (Å²) in [4.78, 5) is 35.1. The number of hydrogen-bond donors (Lipinski definition) is 1. The van der Waals surface area contributed by atoms with Crippen molar-refractivity contribution in [3.8, 4) is 17.2 Å². The van der Waals surface area contributed by atoms with Crippen LogP contribution in [0.5, 0.6) is 11.5 Å². The molecular formula is C33H36N6O4. The van der Waals surface area contributed by atoms with Crippen molar-refractivity contribution >= 4 is 11.8 Å². The van der Waals surface area contributed by atoms with Gasteiger partial charge in [0.05, 0.1) is 25.1 Å². The number of ether oxygens (including phenoxy) is 2. The van der Waals surface area contributed by atoms with Crippen LogP contribution in [-0.2, 0) is 22.6 Å². The molecule has 6 rings (SSSR count). The molecular weight excluding hydrogens is 544 g/mol. The Kier molecular flexibility index (Phi) is 8.65. The summed E-state index contributed by atoms with van der Waals surface area (Å²) in [6.07, 6.45) is 7.34. The smallest absolute Gasteiger partial charge is 0.227 e. The Bertz CT molecular complexity index is 1540. The molecule has 0 saturated carbocycles. The molecule has 222 valence electrons. The molecule has 2 aliphatic rings. The maximum absolute atomic E-state index is 13.6. The van der Waals surface area contributed by atoms with Crippen LogP contribution >= 0.6 is 0 Å². The van der Waals surface area contributed by atoms with Crippen LogP contribution in [0.3, 0.4) is 0 Å². The van der Waals surface area contributed by atoms with Crippen LogP contribution in [0.4, 0.5) is 0 Å². The fourth-order valence-corrected chi connectivity index (χ4v) is 5.94. The fourth-order valence-electron chi connectivity index (χ4n) is 5.94. The second-order valence-corrected chi connectivity index (χ2v) is 11.0. The van der Waals surface area contributed by atoms with Gasteiger partial charge >= 0.3 is 0 Å². The van der Waals surface area contributed by atoms with E-state index in [0.29, 0.717) is 57.4 Å². The van der Waals surface area contributed by atoms with E-state index in [9.17, 15) is 9.59 Å². The quantitative estimate of drug-likeness (QED) is 0.374. The number of methoxy groups -OCH3 is 1. The van der Waals surface area contributed by atoms with Crippen molar-refractivity contribution in [3.05, 3.63) is 102 Å². The van der Waals surface area contributed by atoms with Gasteiger partial charge in [0.15, 0.2) is 11.5 Å². The van der Waals surface area contributed by atoms with Crippen molar-refractivity contribution in [1.82, 2.24) is 29.9 Å². The molecule has 2 atom stereocenters. The summed E-state index contributed by atoms with van der Waals surface area (Å²) in [6.45, 7) is 3.77. The highest BCUT2D eigenvalue weighted by atomic mass is 16.5. The number of fused-ring (bicyclic) bond motifs is 4. The standard InChI is InChI=1S/C33H36N6O4/c1-42-30-9-8-26-19-31(30)43-16-15-37(21-25-5-2-7-27(17-25)39-13-4-11-36-39)14-12-35-33(41)29-23-38(22-28(26)29)32(40)18-24-6-3-10-34-20-24/h2-11,13,17,19-20,28-29H,12,14-16,18,21-23H2,1H3,(H,35,41)/t28-,29+/m1/s1. The number of carbonyl (C=O) groups is 2. The Morgan fingerprint density at radius 1 is 1.02 bits per heavy atom. The minimum atomic E-state index is -0.376. The first-order valence-electron chi connectivity index (χ1n) is 14.6. The normalized spacial score (nSPS) is 19.3. The Hall–Kier alpha value is -4.70. The van der Waals surface area contributed by atoms with Gasteiger partial charge in [-0.3, -0.25) is 19.5 Å². The molecule has 2 aromatic carbocycles. The first kappa shape index (κ1) is 28.4. The lowest BCUT2D eigenvalue weighted by Gasteiger charge is -2.23. The van der Waals surface area contributed by atoms with Crippen molar-refractivity contribution in [2.45, 2.75) is 18.9 Å². The molecule has 0 spiro atoms. The molecule has 0 unspecified atom stereocenters. The molecule has 2 bridgehead atoms. The molecule has 0 aliphatic carbocycles. The van der Waals surface area contributed by atoms with Crippen molar-refractivity contribution in [2.24, 2.45) is 5.92 Å².